The van der Waals surface area contributed by atoms with E-state index < -0.39 is 0 Å². The molecule has 0 spiro atoms. The average Bonchev–Trinajstić information content (AvgIpc) is 3.02. The van der Waals surface area contributed by atoms with Crippen LogP contribution in [0, 0.1) is 20.8 Å². The van der Waals surface area contributed by atoms with Crippen LogP contribution in [-0.2, 0) is 0 Å². The maximum atomic E-state index is 4.78. The van der Waals surface area contributed by atoms with Gasteiger partial charge >= 0.3 is 0 Å². The Hall–Kier alpha value is -1.13. The highest BCUT2D eigenvalue weighted by Crippen LogP contribution is 2.32. The monoisotopic (exact) mass is 333 g/mol. The van der Waals surface area contributed by atoms with Crippen LogP contribution in [-0.4, -0.2) is 22.9 Å². The molecule has 20 heavy (non-hydrogen) atoms. The van der Waals surface area contributed by atoms with Crippen molar-refractivity contribution in [1.82, 2.24) is 15.1 Å². The van der Waals surface area contributed by atoms with E-state index in [-0.39, 0.29) is 0 Å². The van der Waals surface area contributed by atoms with Crippen molar-refractivity contribution >= 4 is 15.9 Å². The van der Waals surface area contributed by atoms with E-state index in [4.69, 9.17) is 5.10 Å². The number of rotatable bonds is 2. The molecule has 0 bridgehead atoms. The Bertz CT molecular complexity index is 639. The van der Waals surface area contributed by atoms with Gasteiger partial charge in [-0.25, -0.2) is 0 Å². The van der Waals surface area contributed by atoms with E-state index in [0.29, 0.717) is 6.04 Å². The Morgan fingerprint density at radius 3 is 2.75 bits per heavy atom. The van der Waals surface area contributed by atoms with Gasteiger partial charge in [0.1, 0.15) is 0 Å². The molecule has 3 nitrogen and oxygen atoms in total. The minimum atomic E-state index is 0.497. The molecular weight excluding hydrogens is 314 g/mol. The molecule has 1 saturated heterocycles. The molecule has 1 N–H and O–H groups in total. The largest absolute Gasteiger partial charge is 0.315 e. The SMILES string of the molecule is Cc1ccc(-c2c(C)nn(C3CCNC3)c2C)cc1Br. The summed E-state index contributed by atoms with van der Waals surface area (Å²) in [7, 11) is 0. The third kappa shape index (κ3) is 2.31. The molecule has 0 aliphatic carbocycles. The fourth-order valence-electron chi connectivity index (χ4n) is 3.03. The zero-order chi connectivity index (χ0) is 14.3. The number of aromatic nitrogens is 2. The molecule has 2 heterocycles. The van der Waals surface area contributed by atoms with Gasteiger partial charge in [-0.05, 0) is 50.9 Å². The highest BCUT2D eigenvalue weighted by molar-refractivity contribution is 9.10. The van der Waals surface area contributed by atoms with Crippen LogP contribution >= 0.6 is 15.9 Å². The van der Waals surface area contributed by atoms with Gasteiger partial charge in [0.05, 0.1) is 11.7 Å². The summed E-state index contributed by atoms with van der Waals surface area (Å²) in [5.74, 6) is 0. The van der Waals surface area contributed by atoms with Gasteiger partial charge in [0.15, 0.2) is 0 Å². The molecule has 1 aromatic heterocycles. The summed E-state index contributed by atoms with van der Waals surface area (Å²) in [6, 6.07) is 7.04. The highest BCUT2D eigenvalue weighted by Gasteiger charge is 2.22. The van der Waals surface area contributed by atoms with Gasteiger partial charge in [-0.2, -0.15) is 5.10 Å². The average molecular weight is 334 g/mol. The van der Waals surface area contributed by atoms with E-state index in [1.54, 1.807) is 0 Å². The predicted molar refractivity (Wildman–Crippen MR) is 86.1 cm³/mol. The highest BCUT2D eigenvalue weighted by atomic mass is 79.9. The van der Waals surface area contributed by atoms with Crippen LogP contribution in [0.1, 0.15) is 29.4 Å². The van der Waals surface area contributed by atoms with Crippen molar-refractivity contribution in [2.24, 2.45) is 0 Å². The summed E-state index contributed by atoms with van der Waals surface area (Å²) >= 11 is 3.63. The standard InChI is InChI=1S/C16H20BrN3/c1-10-4-5-13(8-15(10)17)16-11(2)19-20(12(16)3)14-6-7-18-9-14/h4-5,8,14,18H,6-7,9H2,1-3H3. The minimum Gasteiger partial charge on any atom is -0.315 e. The van der Waals surface area contributed by atoms with Gasteiger partial charge in [-0.15, -0.1) is 0 Å². The Morgan fingerprint density at radius 2 is 2.10 bits per heavy atom. The Kier molecular flexibility index (Phi) is 3.69. The number of benzene rings is 1. The van der Waals surface area contributed by atoms with E-state index in [0.717, 1.165) is 23.3 Å². The van der Waals surface area contributed by atoms with Crippen molar-refractivity contribution in [3.63, 3.8) is 0 Å². The molecule has 1 atom stereocenters. The van der Waals surface area contributed by atoms with E-state index >= 15 is 0 Å². The topological polar surface area (TPSA) is 29.9 Å². The molecule has 3 rings (SSSR count). The van der Waals surface area contributed by atoms with Crippen molar-refractivity contribution in [2.75, 3.05) is 13.1 Å². The molecule has 1 aliphatic rings. The van der Waals surface area contributed by atoms with Gasteiger partial charge in [0.2, 0.25) is 0 Å². The van der Waals surface area contributed by atoms with Crippen molar-refractivity contribution in [2.45, 2.75) is 33.2 Å². The summed E-state index contributed by atoms with van der Waals surface area (Å²) in [6.45, 7) is 8.52. The van der Waals surface area contributed by atoms with E-state index in [1.165, 1.54) is 28.8 Å². The van der Waals surface area contributed by atoms with Gasteiger partial charge < -0.3 is 5.32 Å². The number of hydrogen-bond donors (Lipinski definition) is 1. The lowest BCUT2D eigenvalue weighted by Crippen LogP contribution is -2.15. The molecule has 0 radical (unpaired) electrons. The molecule has 0 saturated carbocycles. The summed E-state index contributed by atoms with van der Waals surface area (Å²) in [5, 5.41) is 8.20. The third-order valence-electron chi connectivity index (χ3n) is 4.17. The Morgan fingerprint density at radius 1 is 1.30 bits per heavy atom. The van der Waals surface area contributed by atoms with E-state index in [2.05, 4.69) is 64.9 Å². The van der Waals surface area contributed by atoms with Gasteiger partial charge in [-0.1, -0.05) is 28.1 Å². The lowest BCUT2D eigenvalue weighted by Gasteiger charge is -2.12. The van der Waals surface area contributed by atoms with Crippen LogP contribution in [0.5, 0.6) is 0 Å². The third-order valence-corrected chi connectivity index (χ3v) is 5.02. The first kappa shape index (κ1) is 13.8. The summed E-state index contributed by atoms with van der Waals surface area (Å²) < 4.78 is 3.36. The predicted octanol–water partition coefficient (Wildman–Crippen LogP) is 3.77. The molecular formula is C16H20BrN3. The fourth-order valence-corrected chi connectivity index (χ4v) is 3.41. The van der Waals surface area contributed by atoms with Crippen LogP contribution in [0.25, 0.3) is 11.1 Å². The minimum absolute atomic E-state index is 0.497. The lowest BCUT2D eigenvalue weighted by atomic mass is 10.0. The fraction of sp³-hybridized carbons (Fsp3) is 0.438. The van der Waals surface area contributed by atoms with E-state index in [1.807, 2.05) is 0 Å². The number of nitrogens with zero attached hydrogens (tertiary/aromatic N) is 2. The molecule has 1 unspecified atom stereocenters. The maximum absolute atomic E-state index is 4.78. The van der Waals surface area contributed by atoms with Crippen LogP contribution in [0.3, 0.4) is 0 Å². The van der Waals surface area contributed by atoms with Gasteiger partial charge in [0.25, 0.3) is 0 Å². The van der Waals surface area contributed by atoms with Gasteiger partial charge in [-0.3, -0.25) is 4.68 Å². The molecule has 4 heteroatoms. The first-order chi connectivity index (χ1) is 9.58. The van der Waals surface area contributed by atoms with Crippen molar-refractivity contribution in [1.29, 1.82) is 0 Å². The molecule has 1 aromatic carbocycles. The van der Waals surface area contributed by atoms with E-state index in [9.17, 15) is 0 Å². The van der Waals surface area contributed by atoms with Crippen LogP contribution < -0.4 is 5.32 Å². The number of aryl methyl sites for hydroxylation is 2. The first-order valence-corrected chi connectivity index (χ1v) is 7.90. The second kappa shape index (κ2) is 5.34. The molecule has 106 valence electrons. The smallest absolute Gasteiger partial charge is 0.0675 e. The molecule has 0 amide bonds. The van der Waals surface area contributed by atoms with Crippen molar-refractivity contribution < 1.29 is 0 Å². The number of halogens is 1. The molecule has 1 aliphatic heterocycles. The normalized spacial score (nSPS) is 18.7. The molecule has 2 aromatic rings. The second-order valence-corrected chi connectivity index (χ2v) is 6.46. The van der Waals surface area contributed by atoms with Gasteiger partial charge in [0, 0.05) is 22.3 Å². The summed E-state index contributed by atoms with van der Waals surface area (Å²) in [4.78, 5) is 0. The molecule has 1 fully saturated rings. The zero-order valence-corrected chi connectivity index (χ0v) is 13.8. The van der Waals surface area contributed by atoms with Crippen molar-refractivity contribution in [3.8, 4) is 11.1 Å². The maximum Gasteiger partial charge on any atom is 0.0675 e. The summed E-state index contributed by atoms with van der Waals surface area (Å²) in [5.41, 5.74) is 6.17. The number of nitrogens with one attached hydrogen (secondary N) is 1. The number of hydrogen-bond acceptors (Lipinski definition) is 2. The Balaban J connectivity index is 2.07. The lowest BCUT2D eigenvalue weighted by molar-refractivity contribution is 0.477. The zero-order valence-electron chi connectivity index (χ0n) is 12.2. The Labute approximate surface area is 128 Å². The summed E-state index contributed by atoms with van der Waals surface area (Å²) in [6.07, 6.45) is 1.17. The first-order valence-electron chi connectivity index (χ1n) is 7.11. The van der Waals surface area contributed by atoms with Crippen LogP contribution in [0.4, 0.5) is 0 Å². The van der Waals surface area contributed by atoms with Crippen LogP contribution in [0.15, 0.2) is 22.7 Å². The quantitative estimate of drug-likeness (QED) is 0.906. The van der Waals surface area contributed by atoms with Crippen LogP contribution in [0.2, 0.25) is 0 Å². The van der Waals surface area contributed by atoms with Crippen molar-refractivity contribution in [3.05, 3.63) is 39.6 Å². The second-order valence-electron chi connectivity index (χ2n) is 5.60.